The van der Waals surface area contributed by atoms with Crippen molar-refractivity contribution in [2.24, 2.45) is 23.5 Å². The minimum absolute atomic E-state index is 0.114. The third-order valence-corrected chi connectivity index (χ3v) is 2.54. The Morgan fingerprint density at radius 2 is 2.43 bits per heavy atom. The van der Waals surface area contributed by atoms with Crippen molar-refractivity contribution in [2.45, 2.75) is 13.1 Å². The van der Waals surface area contributed by atoms with Gasteiger partial charge in [-0.15, -0.1) is 0 Å². The van der Waals surface area contributed by atoms with Gasteiger partial charge >= 0.3 is 5.97 Å². The molecule has 78 valence electrons. The lowest BCUT2D eigenvalue weighted by Gasteiger charge is -1.99. The Morgan fingerprint density at radius 1 is 1.79 bits per heavy atom. The van der Waals surface area contributed by atoms with E-state index in [1.54, 1.807) is 6.92 Å². The highest BCUT2D eigenvalue weighted by molar-refractivity contribution is 5.76. The maximum atomic E-state index is 11.3. The average Bonchev–Trinajstić information content (AvgIpc) is 2.91. The minimum Gasteiger partial charge on any atom is -0.466 e. The second kappa shape index (κ2) is 4.40. The molecule has 4 atom stereocenters. The van der Waals surface area contributed by atoms with E-state index in [2.05, 4.69) is 4.85 Å². The van der Waals surface area contributed by atoms with Crippen molar-refractivity contribution >= 4 is 5.97 Å². The molecule has 0 saturated heterocycles. The summed E-state index contributed by atoms with van der Waals surface area (Å²) < 4.78 is 4.81. The van der Waals surface area contributed by atoms with E-state index in [9.17, 15) is 4.79 Å². The molecule has 3 N–H and O–H groups in total. The van der Waals surface area contributed by atoms with Crippen molar-refractivity contribution in [3.63, 3.8) is 0 Å². The number of aliphatic hydroxyl groups is 1. The SMILES string of the molecule is [C-]#[N+]C(N)[C@H]1[C@@H](CO)[C@@H]1C(=O)OCC. The van der Waals surface area contributed by atoms with Crippen molar-refractivity contribution in [1.29, 1.82) is 0 Å². The van der Waals surface area contributed by atoms with Crippen LogP contribution < -0.4 is 5.73 Å². The standard InChI is InChI=1S/C9H14N2O3/c1-3-14-9(13)7-5(4-12)6(7)8(10)11-2/h5-8,12H,3-4,10H2,1H3/t5-,6+,7+,8?/m1/s1. The van der Waals surface area contributed by atoms with E-state index >= 15 is 0 Å². The lowest BCUT2D eigenvalue weighted by Crippen LogP contribution is -2.21. The first-order valence-corrected chi connectivity index (χ1v) is 4.57. The maximum Gasteiger partial charge on any atom is 0.309 e. The van der Waals surface area contributed by atoms with Crippen LogP contribution in [0.1, 0.15) is 6.92 Å². The van der Waals surface area contributed by atoms with E-state index < -0.39 is 6.17 Å². The van der Waals surface area contributed by atoms with Crippen LogP contribution in [-0.2, 0) is 9.53 Å². The van der Waals surface area contributed by atoms with Gasteiger partial charge in [-0.2, -0.15) is 0 Å². The first-order valence-electron chi connectivity index (χ1n) is 4.57. The Bertz CT molecular complexity index is 261. The van der Waals surface area contributed by atoms with E-state index in [1.807, 2.05) is 0 Å². The molecule has 0 amide bonds. The zero-order chi connectivity index (χ0) is 10.7. The molecule has 1 unspecified atom stereocenters. The summed E-state index contributed by atoms with van der Waals surface area (Å²) in [5, 5.41) is 8.94. The van der Waals surface area contributed by atoms with Crippen molar-refractivity contribution in [3.05, 3.63) is 11.4 Å². The zero-order valence-electron chi connectivity index (χ0n) is 8.01. The summed E-state index contributed by atoms with van der Waals surface area (Å²) in [6.07, 6.45) is -0.707. The van der Waals surface area contributed by atoms with Crippen LogP contribution in [0.25, 0.3) is 4.85 Å². The topological polar surface area (TPSA) is 76.9 Å². The van der Waals surface area contributed by atoms with Gasteiger partial charge in [0, 0.05) is 12.5 Å². The molecule has 1 aliphatic rings. The van der Waals surface area contributed by atoms with E-state index in [0.717, 1.165) is 0 Å². The smallest absolute Gasteiger partial charge is 0.309 e. The second-order valence-electron chi connectivity index (χ2n) is 3.32. The number of hydrogen-bond acceptors (Lipinski definition) is 4. The molecule has 0 spiro atoms. The van der Waals surface area contributed by atoms with Gasteiger partial charge in [-0.25, -0.2) is 6.57 Å². The Labute approximate surface area is 82.7 Å². The van der Waals surface area contributed by atoms with Crippen molar-refractivity contribution in [3.8, 4) is 0 Å². The van der Waals surface area contributed by atoms with Crippen LogP contribution in [0.15, 0.2) is 0 Å². The van der Waals surface area contributed by atoms with Crippen LogP contribution in [-0.4, -0.2) is 30.5 Å². The Kier molecular flexibility index (Phi) is 3.44. The van der Waals surface area contributed by atoms with Gasteiger partial charge in [-0.3, -0.25) is 15.4 Å². The number of nitrogens with zero attached hydrogens (tertiary/aromatic N) is 1. The van der Waals surface area contributed by atoms with Crippen LogP contribution in [0, 0.1) is 24.3 Å². The van der Waals surface area contributed by atoms with Gasteiger partial charge in [0.15, 0.2) is 0 Å². The lowest BCUT2D eigenvalue weighted by atomic mass is 10.2. The van der Waals surface area contributed by atoms with Crippen molar-refractivity contribution in [2.75, 3.05) is 13.2 Å². The van der Waals surface area contributed by atoms with Crippen LogP contribution in [0.5, 0.6) is 0 Å². The normalized spacial score (nSPS) is 31.7. The van der Waals surface area contributed by atoms with Crippen LogP contribution in [0.2, 0.25) is 0 Å². The predicted molar refractivity (Wildman–Crippen MR) is 48.8 cm³/mol. The molecule has 5 heteroatoms. The van der Waals surface area contributed by atoms with Crippen molar-refractivity contribution in [1.82, 2.24) is 0 Å². The molecule has 0 heterocycles. The first-order chi connectivity index (χ1) is 6.67. The van der Waals surface area contributed by atoms with Gasteiger partial charge in [0.2, 0.25) is 0 Å². The average molecular weight is 198 g/mol. The third-order valence-electron chi connectivity index (χ3n) is 2.54. The second-order valence-corrected chi connectivity index (χ2v) is 3.32. The molecule has 0 aromatic heterocycles. The number of esters is 1. The molecule has 0 aromatic carbocycles. The Morgan fingerprint density at radius 3 is 2.86 bits per heavy atom. The Balaban J connectivity index is 2.56. The van der Waals surface area contributed by atoms with Crippen LogP contribution >= 0.6 is 0 Å². The highest BCUT2D eigenvalue weighted by Gasteiger charge is 2.61. The molecule has 0 radical (unpaired) electrons. The number of carbonyl (C=O) groups is 1. The quantitative estimate of drug-likeness (QED) is 0.476. The lowest BCUT2D eigenvalue weighted by molar-refractivity contribution is -0.145. The molecule has 1 aliphatic carbocycles. The van der Waals surface area contributed by atoms with Gasteiger partial charge in [-0.1, -0.05) is 0 Å². The summed E-state index contributed by atoms with van der Waals surface area (Å²) >= 11 is 0. The molecule has 0 aromatic rings. The van der Waals surface area contributed by atoms with E-state index in [0.29, 0.717) is 6.61 Å². The fourth-order valence-electron chi connectivity index (χ4n) is 1.76. The molecule has 1 saturated carbocycles. The van der Waals surface area contributed by atoms with Gasteiger partial charge in [0.05, 0.1) is 18.4 Å². The van der Waals surface area contributed by atoms with Crippen LogP contribution in [0.4, 0.5) is 0 Å². The van der Waals surface area contributed by atoms with Gasteiger partial charge < -0.3 is 9.84 Å². The summed E-state index contributed by atoms with van der Waals surface area (Å²) in [6.45, 7) is 8.66. The monoisotopic (exact) mass is 198 g/mol. The van der Waals surface area contributed by atoms with Crippen molar-refractivity contribution < 1.29 is 14.6 Å². The molecule has 5 nitrogen and oxygen atoms in total. The summed E-state index contributed by atoms with van der Waals surface area (Å²) in [5.41, 5.74) is 5.50. The van der Waals surface area contributed by atoms with E-state index in [1.165, 1.54) is 0 Å². The third kappa shape index (κ3) is 1.86. The summed E-state index contributed by atoms with van der Waals surface area (Å²) in [4.78, 5) is 14.5. The molecule has 14 heavy (non-hydrogen) atoms. The van der Waals surface area contributed by atoms with E-state index in [4.69, 9.17) is 22.1 Å². The number of carbonyl (C=O) groups excluding carboxylic acids is 1. The number of ether oxygens (including phenoxy) is 1. The highest BCUT2D eigenvalue weighted by Crippen LogP contribution is 2.48. The van der Waals surface area contributed by atoms with Gasteiger partial charge in [0.25, 0.3) is 6.17 Å². The predicted octanol–water partition coefficient (Wildman–Crippen LogP) is -0.392. The molecule has 1 rings (SSSR count). The summed E-state index contributed by atoms with van der Waals surface area (Å²) in [7, 11) is 0. The highest BCUT2D eigenvalue weighted by atomic mass is 16.5. The zero-order valence-corrected chi connectivity index (χ0v) is 8.01. The largest absolute Gasteiger partial charge is 0.466 e. The fourth-order valence-corrected chi connectivity index (χ4v) is 1.76. The summed E-state index contributed by atoms with van der Waals surface area (Å²) in [5.74, 6) is -1.17. The Hall–Kier alpha value is -1.12. The number of aliphatic hydroxyl groups excluding tert-OH is 1. The maximum absolute atomic E-state index is 11.3. The van der Waals surface area contributed by atoms with Gasteiger partial charge in [-0.05, 0) is 6.92 Å². The molecular weight excluding hydrogens is 184 g/mol. The van der Waals surface area contributed by atoms with Gasteiger partial charge in [0.1, 0.15) is 0 Å². The molecular formula is C9H14N2O3. The molecule has 0 bridgehead atoms. The fraction of sp³-hybridized carbons (Fsp3) is 0.778. The number of hydrogen-bond donors (Lipinski definition) is 2. The summed E-state index contributed by atoms with van der Waals surface area (Å²) in [6, 6.07) is 0. The number of rotatable bonds is 4. The van der Waals surface area contributed by atoms with E-state index in [-0.39, 0.29) is 30.3 Å². The minimum atomic E-state index is -0.707. The first kappa shape index (κ1) is 11.0. The molecule has 1 fully saturated rings. The number of nitrogens with two attached hydrogens (primary N) is 1. The molecule has 0 aliphatic heterocycles. The van der Waals surface area contributed by atoms with Crippen LogP contribution in [0.3, 0.4) is 0 Å².